The summed E-state index contributed by atoms with van der Waals surface area (Å²) in [6.45, 7) is 2.44. The predicted octanol–water partition coefficient (Wildman–Crippen LogP) is 3.67. The molecule has 15 heteroatoms. The summed E-state index contributed by atoms with van der Waals surface area (Å²) in [6, 6.07) is 5.22. The van der Waals surface area contributed by atoms with Crippen LogP contribution in [0.4, 0.5) is 17.6 Å². The molecule has 4 atom stereocenters. The Morgan fingerprint density at radius 1 is 0.930 bits per heavy atom. The minimum Gasteiger partial charge on any atom is -0.468 e. The minimum absolute atomic E-state index is 0. The lowest BCUT2D eigenvalue weighted by atomic mass is 9.85. The molecule has 2 aromatic rings. The van der Waals surface area contributed by atoms with Gasteiger partial charge < -0.3 is 19.5 Å². The van der Waals surface area contributed by atoms with Crippen molar-refractivity contribution in [1.29, 1.82) is 0 Å². The van der Waals surface area contributed by atoms with Crippen molar-refractivity contribution in [2.45, 2.75) is 33.1 Å². The van der Waals surface area contributed by atoms with Gasteiger partial charge >= 0.3 is 17.9 Å². The van der Waals surface area contributed by atoms with E-state index in [4.69, 9.17) is 9.47 Å². The number of nitro groups is 1. The third-order valence-electron chi connectivity index (χ3n) is 6.09. The largest absolute Gasteiger partial charge is 0.468 e. The number of halogens is 4. The molecule has 0 radical (unpaired) electrons. The van der Waals surface area contributed by atoms with E-state index in [0.29, 0.717) is 6.07 Å². The van der Waals surface area contributed by atoms with E-state index >= 15 is 0 Å². The fourth-order valence-electron chi connectivity index (χ4n) is 4.36. The van der Waals surface area contributed by atoms with Gasteiger partial charge in [-0.15, -0.1) is 0 Å². The normalized spacial score (nSPS) is 16.8. The second-order valence-corrected chi connectivity index (χ2v) is 8.86. The molecule has 1 amide bonds. The molecule has 0 bridgehead atoms. The number of ether oxygens (including phenoxy) is 3. The zero-order valence-corrected chi connectivity index (χ0v) is 22.7. The van der Waals surface area contributed by atoms with Gasteiger partial charge in [0.25, 0.3) is 0 Å². The summed E-state index contributed by atoms with van der Waals surface area (Å²) >= 11 is 0. The summed E-state index contributed by atoms with van der Waals surface area (Å²) in [5, 5.41) is 13.4. The third-order valence-corrected chi connectivity index (χ3v) is 6.09. The number of carbonyl (C=O) groups is 4. The van der Waals surface area contributed by atoms with Crippen LogP contribution >= 0.6 is 0 Å². The number of amides is 1. The van der Waals surface area contributed by atoms with Gasteiger partial charge in [0.1, 0.15) is 29.2 Å². The molecule has 43 heavy (non-hydrogen) atoms. The van der Waals surface area contributed by atoms with Gasteiger partial charge in [-0.1, -0.05) is 7.43 Å². The van der Waals surface area contributed by atoms with Crippen LogP contribution in [0.5, 0.6) is 0 Å². The summed E-state index contributed by atoms with van der Waals surface area (Å²) in [4.78, 5) is 57.3. The second-order valence-electron chi connectivity index (χ2n) is 8.86. The first-order chi connectivity index (χ1) is 19.8. The number of benzene rings is 2. The molecule has 3 rings (SSSR count). The molecular weight excluding hydrogens is 584 g/mol. The van der Waals surface area contributed by atoms with E-state index in [1.165, 1.54) is 6.92 Å². The molecule has 236 valence electrons. The van der Waals surface area contributed by atoms with Crippen molar-refractivity contribution >= 4 is 23.8 Å². The van der Waals surface area contributed by atoms with E-state index in [2.05, 4.69) is 10.1 Å². The molecule has 1 heterocycles. The van der Waals surface area contributed by atoms with Gasteiger partial charge in [0.05, 0.1) is 26.2 Å². The zero-order chi connectivity index (χ0) is 31.6. The molecule has 1 fully saturated rings. The number of hydrogen-bond donors (Lipinski definition) is 1. The van der Waals surface area contributed by atoms with Crippen molar-refractivity contribution < 1.29 is 55.9 Å². The summed E-state index contributed by atoms with van der Waals surface area (Å²) in [6.07, 6.45) is 0. The fraction of sp³-hybridized carbons (Fsp3) is 0.429. The van der Waals surface area contributed by atoms with Crippen molar-refractivity contribution in [3.05, 3.63) is 80.9 Å². The van der Waals surface area contributed by atoms with Gasteiger partial charge in [-0.3, -0.25) is 29.3 Å². The molecule has 0 aromatic heterocycles. The monoisotopic (exact) mass is 616 g/mol. The Balaban J connectivity index is 0.000000426. The summed E-state index contributed by atoms with van der Waals surface area (Å²) in [7, 11) is 0.990. The topological polar surface area (TPSA) is 151 Å². The molecule has 1 aliphatic rings. The fourth-order valence-corrected chi connectivity index (χ4v) is 4.36. The Labute approximate surface area is 244 Å². The van der Waals surface area contributed by atoms with E-state index in [0.717, 1.165) is 37.4 Å². The van der Waals surface area contributed by atoms with Crippen LogP contribution in [0, 0.1) is 45.2 Å². The number of hydrogen-bond acceptors (Lipinski definition) is 9. The highest BCUT2D eigenvalue weighted by atomic mass is 19.1. The van der Waals surface area contributed by atoms with Crippen molar-refractivity contribution in [1.82, 2.24) is 5.32 Å². The minimum atomic E-state index is -1.70. The molecule has 1 saturated heterocycles. The quantitative estimate of drug-likeness (QED) is 0.105. The van der Waals surface area contributed by atoms with E-state index in [1.54, 1.807) is 6.92 Å². The highest BCUT2D eigenvalue weighted by Crippen LogP contribution is 2.31. The predicted molar refractivity (Wildman–Crippen MR) is 142 cm³/mol. The molecule has 0 spiro atoms. The van der Waals surface area contributed by atoms with Crippen LogP contribution in [0.15, 0.2) is 36.4 Å². The lowest BCUT2D eigenvalue weighted by Crippen LogP contribution is -2.36. The Bertz CT molecular complexity index is 1280. The molecule has 11 nitrogen and oxygen atoms in total. The Morgan fingerprint density at radius 2 is 1.44 bits per heavy atom. The molecular formula is C28H32F4N2O9. The van der Waals surface area contributed by atoms with Gasteiger partial charge in [-0.2, -0.15) is 0 Å². The molecule has 2 unspecified atom stereocenters. The van der Waals surface area contributed by atoms with Crippen LogP contribution in [0.3, 0.4) is 0 Å². The maximum absolute atomic E-state index is 13.4. The molecule has 0 aliphatic carbocycles. The van der Waals surface area contributed by atoms with Crippen molar-refractivity contribution in [2.24, 2.45) is 11.8 Å². The first kappa shape index (κ1) is 36.5. The van der Waals surface area contributed by atoms with Gasteiger partial charge in [0.15, 0.2) is 5.92 Å². The lowest BCUT2D eigenvalue weighted by Gasteiger charge is -2.21. The number of nitrogens with zero attached hydrogens (tertiary/aromatic N) is 1. The molecule has 0 saturated carbocycles. The maximum atomic E-state index is 13.4. The average Bonchev–Trinajstić information content (AvgIpc) is 3.29. The first-order valence-electron chi connectivity index (χ1n) is 12.5. The molecule has 1 aliphatic heterocycles. The lowest BCUT2D eigenvalue weighted by molar-refractivity contribution is -0.484. The molecule has 2 aromatic carbocycles. The first-order valence-corrected chi connectivity index (χ1v) is 12.5. The van der Waals surface area contributed by atoms with Crippen molar-refractivity contribution in [3.8, 4) is 0 Å². The number of esters is 3. The number of methoxy groups -OCH3 is 1. The van der Waals surface area contributed by atoms with Crippen LogP contribution in [-0.2, 0) is 33.4 Å². The van der Waals surface area contributed by atoms with Gasteiger partial charge in [-0.05, 0) is 49.2 Å². The van der Waals surface area contributed by atoms with Crippen LogP contribution in [0.1, 0.15) is 44.2 Å². The highest BCUT2D eigenvalue weighted by molar-refractivity contribution is 6.00. The van der Waals surface area contributed by atoms with E-state index in [9.17, 15) is 46.9 Å². The number of carbonyl (C=O) groups excluding carboxylic acids is 4. The Hall–Kier alpha value is -4.56. The highest BCUT2D eigenvalue weighted by Gasteiger charge is 2.43. The standard InChI is InChI=1S/C14H15F2NO6.C13H13F2NO3.CH4/c1-3-23-14(19)12(13(18)22-2)11(7-17(20)21)8-4-9(15)6-10(16)5-8;1-2-19-13(18)11-10(6-16-12(11)17)7-3-8(14)5-9(15)4-7;/h4-6,11-12H,3,7H2,1-2H3;3-5,10-11H,2,6H2,1H3,(H,16,17);1H4/t11-,12?;10-,11?;/m00./s1. The molecule has 1 N–H and O–H groups in total. The van der Waals surface area contributed by atoms with Crippen LogP contribution < -0.4 is 5.32 Å². The Kier molecular flexibility index (Phi) is 14.2. The second kappa shape index (κ2) is 16.8. The summed E-state index contributed by atoms with van der Waals surface area (Å²) in [5.74, 6) is -11.5. The van der Waals surface area contributed by atoms with E-state index < -0.39 is 82.2 Å². The summed E-state index contributed by atoms with van der Waals surface area (Å²) in [5.41, 5.74) is 0.0663. The average molecular weight is 617 g/mol. The van der Waals surface area contributed by atoms with Crippen LogP contribution in [-0.4, -0.2) is 62.2 Å². The van der Waals surface area contributed by atoms with Crippen molar-refractivity contribution in [2.75, 3.05) is 33.4 Å². The number of nitrogens with one attached hydrogen (secondary N) is 1. The number of rotatable bonds is 10. The van der Waals surface area contributed by atoms with Gasteiger partial charge in [0.2, 0.25) is 12.5 Å². The van der Waals surface area contributed by atoms with E-state index in [1.807, 2.05) is 0 Å². The smallest absolute Gasteiger partial charge is 0.321 e. The SMILES string of the molecule is C.CCOC(=O)C(C(=O)OC)[C@@H](C[N+](=O)[O-])c1cc(F)cc(F)c1.CCOC(=O)C1C(=O)NC[C@H]1c1cc(F)cc(F)c1. The van der Waals surface area contributed by atoms with Crippen LogP contribution in [0.25, 0.3) is 0 Å². The van der Waals surface area contributed by atoms with Gasteiger partial charge in [0, 0.05) is 29.5 Å². The maximum Gasteiger partial charge on any atom is 0.321 e. The van der Waals surface area contributed by atoms with Crippen LogP contribution in [0.2, 0.25) is 0 Å². The Morgan fingerprint density at radius 3 is 1.91 bits per heavy atom. The third kappa shape index (κ3) is 10.0. The van der Waals surface area contributed by atoms with Crippen molar-refractivity contribution in [3.63, 3.8) is 0 Å². The summed E-state index contributed by atoms with van der Waals surface area (Å²) < 4.78 is 67.2. The van der Waals surface area contributed by atoms with E-state index in [-0.39, 0.29) is 38.3 Å². The van der Waals surface area contributed by atoms with Gasteiger partial charge in [-0.25, -0.2) is 17.6 Å². The zero-order valence-electron chi connectivity index (χ0n) is 22.7.